The predicted octanol–water partition coefficient (Wildman–Crippen LogP) is 4.10. The molecule has 138 valence electrons. The lowest BCUT2D eigenvalue weighted by molar-refractivity contribution is 0.101. The average Bonchev–Trinajstić information content (AvgIpc) is 2.99. The molecule has 3 aromatic rings. The summed E-state index contributed by atoms with van der Waals surface area (Å²) in [5, 5.41) is 4.69. The largest absolute Gasteiger partial charge is 0.379 e. The Morgan fingerprint density at radius 2 is 2.04 bits per heavy atom. The van der Waals surface area contributed by atoms with Crippen molar-refractivity contribution in [3.05, 3.63) is 65.9 Å². The van der Waals surface area contributed by atoms with E-state index in [0.717, 1.165) is 34.3 Å². The van der Waals surface area contributed by atoms with Crippen molar-refractivity contribution in [3.63, 3.8) is 0 Å². The van der Waals surface area contributed by atoms with Crippen molar-refractivity contribution in [1.82, 2.24) is 4.57 Å². The number of aryl methyl sites for hydroxylation is 1. The zero-order chi connectivity index (χ0) is 19.0. The molecule has 0 aliphatic carbocycles. The monoisotopic (exact) mass is 378 g/mol. The van der Waals surface area contributed by atoms with E-state index < -0.39 is 0 Å². The van der Waals surface area contributed by atoms with E-state index in [9.17, 15) is 4.79 Å². The molecule has 4 rings (SSSR count). The molecule has 0 bridgehead atoms. The number of nitrogens with one attached hydrogen (secondary N) is 1. The van der Waals surface area contributed by atoms with Crippen molar-refractivity contribution in [3.8, 4) is 0 Å². The number of nitrogens with two attached hydrogens (primary N) is 1. The van der Waals surface area contributed by atoms with Gasteiger partial charge in [0.05, 0.1) is 5.54 Å². The van der Waals surface area contributed by atoms with Gasteiger partial charge in [0.25, 0.3) is 5.91 Å². The van der Waals surface area contributed by atoms with Gasteiger partial charge in [-0.2, -0.15) is 0 Å². The first-order chi connectivity index (χ1) is 13.0. The van der Waals surface area contributed by atoms with Gasteiger partial charge in [-0.3, -0.25) is 9.79 Å². The molecule has 1 atom stereocenters. The number of hydrogen-bond donors (Lipinski definition) is 2. The molecule has 2 aromatic carbocycles. The number of aliphatic imine (C=N–C) groups is 1. The number of fused-ring (bicyclic) bond motifs is 1. The highest BCUT2D eigenvalue weighted by Crippen LogP contribution is 2.36. The Kier molecular flexibility index (Phi) is 4.44. The highest BCUT2D eigenvalue weighted by molar-refractivity contribution is 8.13. The van der Waals surface area contributed by atoms with E-state index in [0.29, 0.717) is 10.9 Å². The lowest BCUT2D eigenvalue weighted by Crippen LogP contribution is -2.28. The maximum absolute atomic E-state index is 12.8. The van der Waals surface area contributed by atoms with E-state index in [1.165, 1.54) is 0 Å². The zero-order valence-corrected chi connectivity index (χ0v) is 16.2. The van der Waals surface area contributed by atoms with Crippen molar-refractivity contribution >= 4 is 39.4 Å². The summed E-state index contributed by atoms with van der Waals surface area (Å²) < 4.78 is 1.92. The van der Waals surface area contributed by atoms with Crippen molar-refractivity contribution in [2.45, 2.75) is 18.9 Å². The van der Waals surface area contributed by atoms with Gasteiger partial charge >= 0.3 is 0 Å². The maximum Gasteiger partial charge on any atom is 0.272 e. The molecule has 0 spiro atoms. The molecule has 1 amide bonds. The third kappa shape index (κ3) is 3.32. The summed E-state index contributed by atoms with van der Waals surface area (Å²) in [6, 6.07) is 17.8. The molecule has 3 N–H and O–H groups in total. The van der Waals surface area contributed by atoms with Gasteiger partial charge in [0.2, 0.25) is 0 Å². The van der Waals surface area contributed by atoms with Crippen molar-refractivity contribution in [1.29, 1.82) is 0 Å². The second-order valence-corrected chi connectivity index (χ2v) is 8.12. The van der Waals surface area contributed by atoms with E-state index in [2.05, 4.69) is 17.2 Å². The number of carbonyl (C=O) groups excluding carboxylic acids is 1. The lowest BCUT2D eigenvalue weighted by atomic mass is 9.89. The molecular weight excluding hydrogens is 356 g/mol. The Hall–Kier alpha value is -2.73. The van der Waals surface area contributed by atoms with Crippen LogP contribution >= 0.6 is 11.8 Å². The molecule has 1 aliphatic heterocycles. The Labute approximate surface area is 162 Å². The summed E-state index contributed by atoms with van der Waals surface area (Å²) in [6.45, 7) is 2.09. The van der Waals surface area contributed by atoms with E-state index in [1.807, 2.05) is 66.2 Å². The van der Waals surface area contributed by atoms with Gasteiger partial charge in [-0.05, 0) is 43.2 Å². The number of hydrogen-bond acceptors (Lipinski definition) is 4. The van der Waals surface area contributed by atoms with Crippen LogP contribution in [0.3, 0.4) is 0 Å². The minimum Gasteiger partial charge on any atom is -0.379 e. The van der Waals surface area contributed by atoms with Crippen LogP contribution in [-0.4, -0.2) is 21.4 Å². The van der Waals surface area contributed by atoms with Gasteiger partial charge in [0.1, 0.15) is 5.69 Å². The second-order valence-electron chi connectivity index (χ2n) is 7.00. The molecule has 0 saturated heterocycles. The quantitative estimate of drug-likeness (QED) is 0.721. The van der Waals surface area contributed by atoms with Gasteiger partial charge < -0.3 is 15.6 Å². The molecule has 5 nitrogen and oxygen atoms in total. The molecule has 1 unspecified atom stereocenters. The van der Waals surface area contributed by atoms with Gasteiger partial charge in [-0.15, -0.1) is 0 Å². The van der Waals surface area contributed by atoms with Gasteiger partial charge in [-0.25, -0.2) is 0 Å². The molecule has 0 saturated carbocycles. The summed E-state index contributed by atoms with van der Waals surface area (Å²) in [5.74, 6) is 0.816. The van der Waals surface area contributed by atoms with Gasteiger partial charge in [0.15, 0.2) is 5.17 Å². The van der Waals surface area contributed by atoms with E-state index in [4.69, 9.17) is 5.73 Å². The van der Waals surface area contributed by atoms with Crippen LogP contribution in [0.2, 0.25) is 0 Å². The number of anilines is 1. The molecule has 1 aliphatic rings. The van der Waals surface area contributed by atoms with Crippen molar-refractivity contribution < 1.29 is 4.79 Å². The Morgan fingerprint density at radius 1 is 1.22 bits per heavy atom. The highest BCUT2D eigenvalue weighted by Gasteiger charge is 2.29. The van der Waals surface area contributed by atoms with Crippen LogP contribution in [0.4, 0.5) is 5.69 Å². The number of thioether (sulfide) groups is 1. The van der Waals surface area contributed by atoms with E-state index >= 15 is 0 Å². The maximum atomic E-state index is 12.8. The standard InChI is InChI=1S/C21H22N4OS/c1-21(10-11-27-20(22)24-21)15-7-5-8-16(13-15)23-19(26)18-12-14-6-3-4-9-17(14)25(18)2/h3-9,12-13H,10-11H2,1-2H3,(H2,22,24)(H,23,26). The third-order valence-corrected chi connectivity index (χ3v) is 5.92. The summed E-state index contributed by atoms with van der Waals surface area (Å²) in [6.07, 6.45) is 0.916. The number of rotatable bonds is 3. The summed E-state index contributed by atoms with van der Waals surface area (Å²) in [7, 11) is 1.91. The predicted molar refractivity (Wildman–Crippen MR) is 113 cm³/mol. The normalized spacial score (nSPS) is 19.7. The minimum atomic E-state index is -0.351. The smallest absolute Gasteiger partial charge is 0.272 e. The SMILES string of the molecule is Cn1c(C(=O)Nc2cccc(C3(C)CCSC(N)=N3)c2)cc2ccccc21. The molecule has 2 heterocycles. The van der Waals surface area contributed by atoms with Gasteiger partial charge in [0, 0.05) is 29.4 Å². The van der Waals surface area contributed by atoms with Crippen LogP contribution in [0.5, 0.6) is 0 Å². The number of nitrogens with zero attached hydrogens (tertiary/aromatic N) is 2. The number of amidine groups is 1. The molecule has 0 fully saturated rings. The van der Waals surface area contributed by atoms with E-state index in [-0.39, 0.29) is 11.4 Å². The van der Waals surface area contributed by atoms with Crippen LogP contribution in [0, 0.1) is 0 Å². The third-order valence-electron chi connectivity index (χ3n) is 5.12. The first kappa shape index (κ1) is 17.7. The Balaban J connectivity index is 1.62. The second kappa shape index (κ2) is 6.78. The van der Waals surface area contributed by atoms with E-state index in [1.54, 1.807) is 11.8 Å². The van der Waals surface area contributed by atoms with Crippen molar-refractivity contribution in [2.24, 2.45) is 17.8 Å². The number of aromatic nitrogens is 1. The first-order valence-electron chi connectivity index (χ1n) is 8.91. The van der Waals surface area contributed by atoms with Crippen LogP contribution in [0.1, 0.15) is 29.4 Å². The first-order valence-corrected chi connectivity index (χ1v) is 9.89. The summed E-state index contributed by atoms with van der Waals surface area (Å²) in [5.41, 5.74) is 9.07. The minimum absolute atomic E-state index is 0.127. The fraction of sp³-hybridized carbons (Fsp3) is 0.238. The average molecular weight is 379 g/mol. The lowest BCUT2D eigenvalue weighted by Gasteiger charge is -2.30. The topological polar surface area (TPSA) is 72.4 Å². The van der Waals surface area contributed by atoms with Crippen molar-refractivity contribution in [2.75, 3.05) is 11.1 Å². The molecule has 0 radical (unpaired) electrons. The van der Waals surface area contributed by atoms with Crippen LogP contribution in [-0.2, 0) is 12.6 Å². The molecule has 1 aromatic heterocycles. The molecule has 6 heteroatoms. The van der Waals surface area contributed by atoms with Crippen LogP contribution < -0.4 is 11.1 Å². The highest BCUT2D eigenvalue weighted by atomic mass is 32.2. The summed E-state index contributed by atoms with van der Waals surface area (Å²) in [4.78, 5) is 17.5. The summed E-state index contributed by atoms with van der Waals surface area (Å²) >= 11 is 1.59. The fourth-order valence-electron chi connectivity index (χ4n) is 3.53. The Morgan fingerprint density at radius 3 is 2.81 bits per heavy atom. The number of para-hydroxylation sites is 1. The molecular formula is C21H22N4OS. The van der Waals surface area contributed by atoms with Crippen LogP contribution in [0.15, 0.2) is 59.6 Å². The zero-order valence-electron chi connectivity index (χ0n) is 15.4. The molecule has 27 heavy (non-hydrogen) atoms. The number of benzene rings is 2. The van der Waals surface area contributed by atoms with Gasteiger partial charge in [-0.1, -0.05) is 42.1 Å². The number of carbonyl (C=O) groups is 1. The van der Waals surface area contributed by atoms with Crippen LogP contribution in [0.25, 0.3) is 10.9 Å². The fourth-order valence-corrected chi connectivity index (χ4v) is 4.50. The number of amides is 1. The Bertz CT molecular complexity index is 1060.